The number of nitrogens with two attached hydrogens (primary N) is 1. The Morgan fingerprint density at radius 3 is 2.69 bits per heavy atom. The molecule has 0 aromatic carbocycles. The molecule has 0 aromatic heterocycles. The Hall–Kier alpha value is -0.120. The highest BCUT2D eigenvalue weighted by atomic mass is 16.5. The van der Waals surface area contributed by atoms with E-state index in [4.69, 9.17) is 10.5 Å². The molecule has 3 nitrogen and oxygen atoms in total. The maximum Gasteiger partial charge on any atom is 0.0710 e. The lowest BCUT2D eigenvalue weighted by molar-refractivity contribution is -0.0304. The van der Waals surface area contributed by atoms with Gasteiger partial charge in [0.05, 0.1) is 11.7 Å². The summed E-state index contributed by atoms with van der Waals surface area (Å²) in [6.45, 7) is 9.77. The maximum absolute atomic E-state index is 6.06. The number of ether oxygens (including phenoxy) is 1. The summed E-state index contributed by atoms with van der Waals surface area (Å²) in [5.41, 5.74) is 5.95. The molecule has 3 heteroatoms. The molecule has 0 aromatic rings. The zero-order chi connectivity index (χ0) is 11.8. The first-order valence-electron chi connectivity index (χ1n) is 6.64. The number of hydrogen-bond donors (Lipinski definition) is 1. The average molecular weight is 226 g/mol. The second-order valence-electron chi connectivity index (χ2n) is 6.10. The van der Waals surface area contributed by atoms with Crippen molar-refractivity contribution in [2.75, 3.05) is 19.6 Å². The van der Waals surface area contributed by atoms with E-state index in [1.807, 2.05) is 0 Å². The lowest BCUT2D eigenvalue weighted by Gasteiger charge is -2.29. The quantitative estimate of drug-likeness (QED) is 0.794. The molecule has 2 rings (SSSR count). The predicted octanol–water partition coefficient (Wildman–Crippen LogP) is 1.61. The van der Waals surface area contributed by atoms with Gasteiger partial charge < -0.3 is 10.5 Å². The Bertz CT molecular complexity index is 242. The highest BCUT2D eigenvalue weighted by Gasteiger charge is 2.36. The highest BCUT2D eigenvalue weighted by molar-refractivity contribution is 4.89. The standard InChI is InChI=1S/C13H26N2O/c1-10-5-7-15(12(10)8-14)9-11-4-6-13(2,3)16-11/h10-12H,4-9,14H2,1-3H3. The smallest absolute Gasteiger partial charge is 0.0710 e. The van der Waals surface area contributed by atoms with Crippen LogP contribution in [-0.4, -0.2) is 42.3 Å². The summed E-state index contributed by atoms with van der Waals surface area (Å²) >= 11 is 0. The van der Waals surface area contributed by atoms with E-state index in [0.29, 0.717) is 12.1 Å². The molecule has 94 valence electrons. The number of hydrogen-bond acceptors (Lipinski definition) is 3. The topological polar surface area (TPSA) is 38.5 Å². The van der Waals surface area contributed by atoms with Crippen molar-refractivity contribution in [2.24, 2.45) is 11.7 Å². The lowest BCUT2D eigenvalue weighted by atomic mass is 10.0. The summed E-state index contributed by atoms with van der Waals surface area (Å²) in [5.74, 6) is 0.749. The summed E-state index contributed by atoms with van der Waals surface area (Å²) in [6.07, 6.45) is 4.11. The molecule has 3 atom stereocenters. The summed E-state index contributed by atoms with van der Waals surface area (Å²) in [6, 6.07) is 0.576. The summed E-state index contributed by atoms with van der Waals surface area (Å²) in [7, 11) is 0. The molecule has 0 amide bonds. The van der Waals surface area contributed by atoms with Gasteiger partial charge in [0, 0.05) is 19.1 Å². The highest BCUT2D eigenvalue weighted by Crippen LogP contribution is 2.31. The molecule has 2 aliphatic heterocycles. The number of nitrogens with zero attached hydrogens (tertiary/aromatic N) is 1. The Morgan fingerprint density at radius 1 is 1.38 bits per heavy atom. The molecule has 0 aliphatic carbocycles. The molecule has 2 aliphatic rings. The molecule has 2 saturated heterocycles. The van der Waals surface area contributed by atoms with Crippen LogP contribution in [0.4, 0.5) is 0 Å². The zero-order valence-corrected chi connectivity index (χ0v) is 10.9. The van der Waals surface area contributed by atoms with Crippen LogP contribution < -0.4 is 5.73 Å². The van der Waals surface area contributed by atoms with Crippen LogP contribution in [0.2, 0.25) is 0 Å². The van der Waals surface area contributed by atoms with Crippen molar-refractivity contribution in [3.05, 3.63) is 0 Å². The molecule has 0 bridgehead atoms. The van der Waals surface area contributed by atoms with Crippen molar-refractivity contribution in [1.82, 2.24) is 4.90 Å². The van der Waals surface area contributed by atoms with Gasteiger partial charge >= 0.3 is 0 Å². The van der Waals surface area contributed by atoms with Crippen LogP contribution in [0.3, 0.4) is 0 Å². The van der Waals surface area contributed by atoms with E-state index >= 15 is 0 Å². The largest absolute Gasteiger partial charge is 0.371 e. The van der Waals surface area contributed by atoms with Gasteiger partial charge in [-0.1, -0.05) is 6.92 Å². The van der Waals surface area contributed by atoms with Crippen molar-refractivity contribution in [3.63, 3.8) is 0 Å². The predicted molar refractivity (Wildman–Crippen MR) is 66.4 cm³/mol. The lowest BCUT2D eigenvalue weighted by Crippen LogP contribution is -2.42. The van der Waals surface area contributed by atoms with E-state index in [2.05, 4.69) is 25.7 Å². The van der Waals surface area contributed by atoms with Crippen molar-refractivity contribution < 1.29 is 4.74 Å². The van der Waals surface area contributed by atoms with Crippen LogP contribution in [-0.2, 0) is 4.74 Å². The fourth-order valence-electron chi connectivity index (χ4n) is 3.16. The van der Waals surface area contributed by atoms with Crippen molar-refractivity contribution in [3.8, 4) is 0 Å². The molecule has 2 N–H and O–H groups in total. The monoisotopic (exact) mass is 226 g/mol. The fraction of sp³-hybridized carbons (Fsp3) is 1.00. The Morgan fingerprint density at radius 2 is 2.12 bits per heavy atom. The molecular formula is C13H26N2O. The normalized spacial score (nSPS) is 39.4. The van der Waals surface area contributed by atoms with Gasteiger partial charge in [-0.25, -0.2) is 0 Å². The van der Waals surface area contributed by atoms with Crippen molar-refractivity contribution in [1.29, 1.82) is 0 Å². The minimum Gasteiger partial charge on any atom is -0.371 e. The van der Waals surface area contributed by atoms with E-state index < -0.39 is 0 Å². The maximum atomic E-state index is 6.06. The van der Waals surface area contributed by atoms with Gasteiger partial charge in [-0.15, -0.1) is 0 Å². The van der Waals surface area contributed by atoms with Gasteiger partial charge in [0.15, 0.2) is 0 Å². The Balaban J connectivity index is 1.86. The van der Waals surface area contributed by atoms with Crippen molar-refractivity contribution in [2.45, 2.75) is 57.8 Å². The Kier molecular flexibility index (Phi) is 3.57. The number of rotatable bonds is 3. The van der Waals surface area contributed by atoms with Crippen LogP contribution >= 0.6 is 0 Å². The van der Waals surface area contributed by atoms with Gasteiger partial charge in [-0.3, -0.25) is 4.90 Å². The SMILES string of the molecule is CC1CCN(CC2CCC(C)(C)O2)C1CN. The minimum absolute atomic E-state index is 0.0915. The van der Waals surface area contributed by atoms with Crippen molar-refractivity contribution >= 4 is 0 Å². The third-order valence-corrected chi connectivity index (χ3v) is 4.23. The summed E-state index contributed by atoms with van der Waals surface area (Å²) in [4.78, 5) is 2.54. The van der Waals surface area contributed by atoms with E-state index in [1.165, 1.54) is 25.8 Å². The van der Waals surface area contributed by atoms with E-state index in [9.17, 15) is 0 Å². The van der Waals surface area contributed by atoms with Gasteiger partial charge in [-0.2, -0.15) is 0 Å². The van der Waals surface area contributed by atoms with E-state index in [1.54, 1.807) is 0 Å². The van der Waals surface area contributed by atoms with Gasteiger partial charge in [-0.05, 0) is 45.6 Å². The zero-order valence-electron chi connectivity index (χ0n) is 10.9. The van der Waals surface area contributed by atoms with E-state index in [0.717, 1.165) is 19.0 Å². The van der Waals surface area contributed by atoms with Gasteiger partial charge in [0.25, 0.3) is 0 Å². The first-order chi connectivity index (χ1) is 7.52. The molecule has 0 spiro atoms. The minimum atomic E-state index is 0.0915. The molecule has 0 radical (unpaired) electrons. The van der Waals surface area contributed by atoms with Crippen LogP contribution in [0, 0.1) is 5.92 Å². The van der Waals surface area contributed by atoms with Crippen LogP contribution in [0.5, 0.6) is 0 Å². The Labute approximate surface area is 99.3 Å². The average Bonchev–Trinajstić information content (AvgIpc) is 2.71. The third-order valence-electron chi connectivity index (χ3n) is 4.23. The second kappa shape index (κ2) is 4.63. The third kappa shape index (κ3) is 2.58. The summed E-state index contributed by atoms with van der Waals surface area (Å²) in [5, 5.41) is 0. The summed E-state index contributed by atoms with van der Waals surface area (Å²) < 4.78 is 6.06. The molecule has 0 saturated carbocycles. The van der Waals surface area contributed by atoms with Crippen LogP contribution in [0.1, 0.15) is 40.0 Å². The molecule has 16 heavy (non-hydrogen) atoms. The first-order valence-corrected chi connectivity index (χ1v) is 6.64. The molecule has 3 unspecified atom stereocenters. The number of likely N-dealkylation sites (tertiary alicyclic amines) is 1. The molecular weight excluding hydrogens is 200 g/mol. The van der Waals surface area contributed by atoms with E-state index in [-0.39, 0.29) is 5.60 Å². The molecule has 2 heterocycles. The second-order valence-corrected chi connectivity index (χ2v) is 6.10. The first kappa shape index (κ1) is 12.3. The van der Waals surface area contributed by atoms with Gasteiger partial charge in [0.1, 0.15) is 0 Å². The van der Waals surface area contributed by atoms with Gasteiger partial charge in [0.2, 0.25) is 0 Å². The molecule has 2 fully saturated rings. The fourth-order valence-corrected chi connectivity index (χ4v) is 3.16. The van der Waals surface area contributed by atoms with Crippen LogP contribution in [0.15, 0.2) is 0 Å². The van der Waals surface area contributed by atoms with Crippen LogP contribution in [0.25, 0.3) is 0 Å².